The van der Waals surface area contributed by atoms with Crippen LogP contribution in [-0.2, 0) is 14.8 Å². The van der Waals surface area contributed by atoms with E-state index in [1.165, 1.54) is 17.1 Å². The van der Waals surface area contributed by atoms with Gasteiger partial charge in [0.15, 0.2) is 0 Å². The number of hydrogen-bond donors (Lipinski definition) is 1. The quantitative estimate of drug-likeness (QED) is 0.715. The molecule has 2 heterocycles. The van der Waals surface area contributed by atoms with E-state index in [2.05, 4.69) is 31.0 Å². The maximum absolute atomic E-state index is 12.9. The highest BCUT2D eigenvalue weighted by atomic mass is 32.2. The number of sulfonamides is 1. The SMILES string of the molecule is CC1CCCN(CCNC(=O)C2CCN(S(=O)(=O)c3ccc(C(C)C)cc3)CC2)C1. The van der Waals surface area contributed by atoms with E-state index < -0.39 is 10.0 Å². The predicted octanol–water partition coefficient (Wildman–Crippen LogP) is 3.06. The lowest BCUT2D eigenvalue weighted by molar-refractivity contribution is -0.126. The smallest absolute Gasteiger partial charge is 0.243 e. The summed E-state index contributed by atoms with van der Waals surface area (Å²) >= 11 is 0. The minimum Gasteiger partial charge on any atom is -0.355 e. The van der Waals surface area contributed by atoms with Gasteiger partial charge in [0.2, 0.25) is 15.9 Å². The van der Waals surface area contributed by atoms with Crippen molar-refractivity contribution in [1.82, 2.24) is 14.5 Å². The number of amides is 1. The summed E-state index contributed by atoms with van der Waals surface area (Å²) in [7, 11) is -3.50. The van der Waals surface area contributed by atoms with E-state index in [9.17, 15) is 13.2 Å². The molecule has 0 bridgehead atoms. The van der Waals surface area contributed by atoms with Crippen LogP contribution < -0.4 is 5.32 Å². The molecule has 2 aliphatic rings. The third-order valence-electron chi connectivity index (χ3n) is 6.48. The summed E-state index contributed by atoms with van der Waals surface area (Å²) in [5.74, 6) is 1.08. The van der Waals surface area contributed by atoms with Crippen molar-refractivity contribution in [1.29, 1.82) is 0 Å². The Labute approximate surface area is 182 Å². The fourth-order valence-electron chi connectivity index (χ4n) is 4.50. The fourth-order valence-corrected chi connectivity index (χ4v) is 5.97. The Morgan fingerprint density at radius 1 is 1.10 bits per heavy atom. The van der Waals surface area contributed by atoms with Crippen LogP contribution in [0.1, 0.15) is 57.9 Å². The van der Waals surface area contributed by atoms with Gasteiger partial charge in [0, 0.05) is 38.6 Å². The van der Waals surface area contributed by atoms with Gasteiger partial charge in [-0.2, -0.15) is 4.31 Å². The van der Waals surface area contributed by atoms with E-state index in [1.54, 1.807) is 12.1 Å². The van der Waals surface area contributed by atoms with Crippen molar-refractivity contribution >= 4 is 15.9 Å². The van der Waals surface area contributed by atoms with E-state index >= 15 is 0 Å². The number of nitrogens with zero attached hydrogens (tertiary/aromatic N) is 2. The Hall–Kier alpha value is -1.44. The first-order chi connectivity index (χ1) is 14.3. The number of nitrogens with one attached hydrogen (secondary N) is 1. The van der Waals surface area contributed by atoms with Crippen LogP contribution in [0.3, 0.4) is 0 Å². The topological polar surface area (TPSA) is 69.7 Å². The number of benzene rings is 1. The molecule has 7 heteroatoms. The molecule has 1 amide bonds. The summed E-state index contributed by atoms with van der Waals surface area (Å²) in [4.78, 5) is 15.3. The van der Waals surface area contributed by atoms with Crippen LogP contribution in [0.4, 0.5) is 0 Å². The van der Waals surface area contributed by atoms with Gasteiger partial charge in [-0.05, 0) is 61.8 Å². The second-order valence-corrected chi connectivity index (χ2v) is 11.2. The van der Waals surface area contributed by atoms with E-state index in [-0.39, 0.29) is 11.8 Å². The van der Waals surface area contributed by atoms with Crippen LogP contribution in [0.15, 0.2) is 29.2 Å². The van der Waals surface area contributed by atoms with Crippen molar-refractivity contribution in [2.45, 2.75) is 57.3 Å². The highest BCUT2D eigenvalue weighted by molar-refractivity contribution is 7.89. The van der Waals surface area contributed by atoms with E-state index in [1.807, 2.05) is 12.1 Å². The van der Waals surface area contributed by atoms with Crippen molar-refractivity contribution < 1.29 is 13.2 Å². The molecule has 1 N–H and O–H groups in total. The molecule has 1 atom stereocenters. The highest BCUT2D eigenvalue weighted by Crippen LogP contribution is 2.25. The van der Waals surface area contributed by atoms with Gasteiger partial charge in [0.05, 0.1) is 4.90 Å². The second-order valence-electron chi connectivity index (χ2n) is 9.24. The summed E-state index contributed by atoms with van der Waals surface area (Å²) in [6.07, 6.45) is 3.69. The summed E-state index contributed by atoms with van der Waals surface area (Å²) in [6, 6.07) is 7.18. The van der Waals surface area contributed by atoms with Crippen molar-refractivity contribution in [3.63, 3.8) is 0 Å². The van der Waals surface area contributed by atoms with Gasteiger partial charge in [-0.3, -0.25) is 4.79 Å². The van der Waals surface area contributed by atoms with Gasteiger partial charge in [0.1, 0.15) is 0 Å². The largest absolute Gasteiger partial charge is 0.355 e. The molecule has 0 radical (unpaired) electrons. The highest BCUT2D eigenvalue weighted by Gasteiger charge is 2.32. The first-order valence-electron chi connectivity index (χ1n) is 11.4. The molecule has 0 aromatic heterocycles. The van der Waals surface area contributed by atoms with Crippen LogP contribution in [0, 0.1) is 11.8 Å². The van der Waals surface area contributed by atoms with Gasteiger partial charge >= 0.3 is 0 Å². The lowest BCUT2D eigenvalue weighted by Gasteiger charge is -2.32. The maximum Gasteiger partial charge on any atom is 0.243 e. The molecular weight excluding hydrogens is 398 g/mol. The Kier molecular flexibility index (Phi) is 7.93. The summed E-state index contributed by atoms with van der Waals surface area (Å²) in [5, 5.41) is 3.07. The first-order valence-corrected chi connectivity index (χ1v) is 12.8. The van der Waals surface area contributed by atoms with Crippen LogP contribution in [0.2, 0.25) is 0 Å². The monoisotopic (exact) mass is 435 g/mol. The molecule has 0 spiro atoms. The number of rotatable bonds is 7. The minimum atomic E-state index is -3.50. The normalized spacial score (nSPS) is 22.3. The molecule has 1 unspecified atom stereocenters. The molecule has 2 aliphatic heterocycles. The molecule has 6 nitrogen and oxygen atoms in total. The van der Waals surface area contributed by atoms with Gasteiger partial charge in [-0.1, -0.05) is 32.9 Å². The number of likely N-dealkylation sites (tertiary alicyclic amines) is 1. The molecule has 30 heavy (non-hydrogen) atoms. The van der Waals surface area contributed by atoms with Crippen LogP contribution in [-0.4, -0.2) is 62.8 Å². The molecular formula is C23H37N3O3S. The van der Waals surface area contributed by atoms with Crippen molar-refractivity contribution in [3.05, 3.63) is 29.8 Å². The zero-order valence-corrected chi connectivity index (χ0v) is 19.5. The summed E-state index contributed by atoms with van der Waals surface area (Å²) < 4.78 is 27.4. The standard InChI is InChI=1S/C23H37N3O3S/c1-18(2)20-6-8-22(9-7-20)30(28,29)26-14-10-21(11-15-26)23(27)24-12-16-25-13-4-5-19(3)17-25/h6-9,18-19,21H,4-5,10-17H2,1-3H3,(H,24,27). The van der Waals surface area contributed by atoms with Gasteiger partial charge < -0.3 is 10.2 Å². The van der Waals surface area contributed by atoms with Gasteiger partial charge in [-0.25, -0.2) is 8.42 Å². The molecule has 0 aliphatic carbocycles. The zero-order chi connectivity index (χ0) is 21.7. The second kappa shape index (κ2) is 10.2. The molecule has 2 saturated heterocycles. The van der Waals surface area contributed by atoms with Crippen molar-refractivity contribution in [2.24, 2.45) is 11.8 Å². The van der Waals surface area contributed by atoms with E-state index in [4.69, 9.17) is 0 Å². The summed E-state index contributed by atoms with van der Waals surface area (Å²) in [5.41, 5.74) is 1.13. The fraction of sp³-hybridized carbons (Fsp3) is 0.696. The maximum atomic E-state index is 12.9. The molecule has 1 aromatic carbocycles. The third-order valence-corrected chi connectivity index (χ3v) is 8.39. The van der Waals surface area contributed by atoms with Crippen LogP contribution in [0.25, 0.3) is 0 Å². The van der Waals surface area contributed by atoms with E-state index in [0.29, 0.717) is 43.3 Å². The lowest BCUT2D eigenvalue weighted by atomic mass is 9.97. The molecule has 168 valence electrons. The van der Waals surface area contributed by atoms with Crippen LogP contribution in [0.5, 0.6) is 0 Å². The third kappa shape index (κ3) is 5.83. The Morgan fingerprint density at radius 2 is 1.77 bits per heavy atom. The average Bonchev–Trinajstić information content (AvgIpc) is 2.74. The summed E-state index contributed by atoms with van der Waals surface area (Å²) in [6.45, 7) is 11.1. The Balaban J connectivity index is 1.45. The molecule has 1 aromatic rings. The number of carbonyl (C=O) groups excluding carboxylic acids is 1. The zero-order valence-electron chi connectivity index (χ0n) is 18.6. The number of carbonyl (C=O) groups is 1. The average molecular weight is 436 g/mol. The Bertz CT molecular complexity index is 799. The predicted molar refractivity (Wildman–Crippen MR) is 120 cm³/mol. The van der Waals surface area contributed by atoms with Crippen molar-refractivity contribution in [2.75, 3.05) is 39.3 Å². The van der Waals surface area contributed by atoms with Crippen LogP contribution >= 0.6 is 0 Å². The number of piperidine rings is 2. The molecule has 3 rings (SSSR count). The molecule has 0 saturated carbocycles. The molecule has 2 fully saturated rings. The van der Waals surface area contributed by atoms with Crippen molar-refractivity contribution in [3.8, 4) is 0 Å². The first kappa shape index (κ1) is 23.2. The minimum absolute atomic E-state index is 0.0680. The van der Waals surface area contributed by atoms with E-state index in [0.717, 1.165) is 31.1 Å². The number of hydrogen-bond acceptors (Lipinski definition) is 4. The van der Waals surface area contributed by atoms with Gasteiger partial charge in [-0.15, -0.1) is 0 Å². The Morgan fingerprint density at radius 3 is 2.37 bits per heavy atom. The van der Waals surface area contributed by atoms with Gasteiger partial charge in [0.25, 0.3) is 0 Å². The lowest BCUT2D eigenvalue weighted by Crippen LogP contribution is -2.45.